The van der Waals surface area contributed by atoms with E-state index in [1.807, 2.05) is 39.8 Å². The summed E-state index contributed by atoms with van der Waals surface area (Å²) in [4.78, 5) is 39.7. The number of ether oxygens (including phenoxy) is 2. The normalized spacial score (nSPS) is 14.1. The number of imide groups is 1. The second-order valence-corrected chi connectivity index (χ2v) is 12.1. The minimum atomic E-state index is -0.542. The average Bonchev–Trinajstić information content (AvgIpc) is 3.14. The van der Waals surface area contributed by atoms with E-state index in [9.17, 15) is 14.4 Å². The smallest absolute Gasteiger partial charge is 0.294 e. The minimum Gasteiger partial charge on any atom is -0.490 e. The van der Waals surface area contributed by atoms with Gasteiger partial charge in [-0.15, -0.1) is 0 Å². The predicted molar refractivity (Wildman–Crippen MR) is 168 cm³/mol. The van der Waals surface area contributed by atoms with E-state index < -0.39 is 17.1 Å². The molecule has 7 nitrogen and oxygen atoms in total. The molecule has 41 heavy (non-hydrogen) atoms. The summed E-state index contributed by atoms with van der Waals surface area (Å²) in [6.07, 6.45) is 1.59. The topological polar surface area (TPSA) is 84.9 Å². The van der Waals surface area contributed by atoms with Crippen molar-refractivity contribution in [3.8, 4) is 11.5 Å². The van der Waals surface area contributed by atoms with Gasteiger partial charge in [-0.1, -0.05) is 47.0 Å². The first-order valence-electron chi connectivity index (χ1n) is 12.6. The number of hydrogen-bond acceptors (Lipinski definition) is 6. The molecule has 0 unspecified atom stereocenters. The van der Waals surface area contributed by atoms with Crippen molar-refractivity contribution in [3.63, 3.8) is 0 Å². The summed E-state index contributed by atoms with van der Waals surface area (Å²) < 4.78 is 12.4. The molecule has 0 radical (unpaired) electrons. The number of aryl methyl sites for hydroxylation is 3. The molecule has 0 atom stereocenters. The van der Waals surface area contributed by atoms with Crippen LogP contribution in [0.2, 0.25) is 10.0 Å². The highest BCUT2D eigenvalue weighted by Gasteiger charge is 2.36. The van der Waals surface area contributed by atoms with Crippen LogP contribution >= 0.6 is 50.9 Å². The fraction of sp³-hybridized carbons (Fsp3) is 0.233. The van der Waals surface area contributed by atoms with Crippen LogP contribution < -0.4 is 14.8 Å². The molecule has 0 aromatic heterocycles. The van der Waals surface area contributed by atoms with E-state index in [1.54, 1.807) is 36.4 Å². The first kappa shape index (κ1) is 31.0. The number of rotatable bonds is 9. The van der Waals surface area contributed by atoms with Gasteiger partial charge in [0.2, 0.25) is 5.91 Å². The van der Waals surface area contributed by atoms with E-state index in [2.05, 4.69) is 21.2 Å². The van der Waals surface area contributed by atoms with E-state index in [4.69, 9.17) is 32.7 Å². The van der Waals surface area contributed by atoms with Gasteiger partial charge in [0.15, 0.2) is 11.5 Å². The Balaban J connectivity index is 1.50. The largest absolute Gasteiger partial charge is 0.490 e. The second kappa shape index (κ2) is 13.3. The number of carbonyl (C=O) groups is 3. The van der Waals surface area contributed by atoms with Crippen LogP contribution in [0, 0.1) is 20.8 Å². The summed E-state index contributed by atoms with van der Waals surface area (Å²) in [5, 5.41) is 3.33. The highest BCUT2D eigenvalue weighted by atomic mass is 79.9. The zero-order valence-corrected chi connectivity index (χ0v) is 26.7. The fourth-order valence-electron chi connectivity index (χ4n) is 4.35. The standard InChI is InChI=1S/C30H27BrCl2N2O5S/c1-5-39-24-11-19(10-22(31)28(24)40-15-20-6-7-21(32)13-23(20)33)12-25-29(37)35(30(38)41-25)14-26(36)34-27-17(3)8-16(2)9-18(27)4/h6-13H,5,14-15H2,1-4H3,(H,34,36)/b25-12-. The van der Waals surface area contributed by atoms with Gasteiger partial charge in [0, 0.05) is 21.3 Å². The SMILES string of the molecule is CCOc1cc(/C=C2\SC(=O)N(CC(=O)Nc3c(C)cc(C)cc3C)C2=O)cc(Br)c1OCc1ccc(Cl)cc1Cl. The Labute approximate surface area is 261 Å². The monoisotopic (exact) mass is 676 g/mol. The van der Waals surface area contributed by atoms with Crippen LogP contribution in [0.1, 0.15) is 34.7 Å². The molecule has 4 rings (SSSR count). The van der Waals surface area contributed by atoms with Crippen molar-refractivity contribution in [1.82, 2.24) is 4.90 Å². The van der Waals surface area contributed by atoms with Crippen LogP contribution in [0.25, 0.3) is 6.08 Å². The molecular weight excluding hydrogens is 651 g/mol. The Kier molecular flexibility index (Phi) is 10.1. The molecule has 0 aliphatic carbocycles. The summed E-state index contributed by atoms with van der Waals surface area (Å²) in [5.41, 5.74) is 4.93. The molecule has 0 saturated carbocycles. The highest BCUT2D eigenvalue weighted by molar-refractivity contribution is 9.10. The van der Waals surface area contributed by atoms with Crippen LogP contribution in [0.5, 0.6) is 11.5 Å². The quantitative estimate of drug-likeness (QED) is 0.229. The number of anilines is 1. The van der Waals surface area contributed by atoms with Gasteiger partial charge in [-0.05, 0) is 102 Å². The number of nitrogens with one attached hydrogen (secondary N) is 1. The van der Waals surface area contributed by atoms with Gasteiger partial charge in [-0.3, -0.25) is 19.3 Å². The Morgan fingerprint density at radius 3 is 2.41 bits per heavy atom. The molecule has 11 heteroatoms. The Morgan fingerprint density at radius 2 is 1.76 bits per heavy atom. The third-order valence-corrected chi connectivity index (χ3v) is 8.22. The molecule has 3 aromatic carbocycles. The zero-order valence-electron chi connectivity index (χ0n) is 22.8. The van der Waals surface area contributed by atoms with Gasteiger partial charge < -0.3 is 14.8 Å². The molecule has 1 aliphatic heterocycles. The van der Waals surface area contributed by atoms with Gasteiger partial charge in [0.25, 0.3) is 11.1 Å². The van der Waals surface area contributed by atoms with Crippen LogP contribution in [-0.2, 0) is 16.2 Å². The number of halogens is 3. The first-order chi connectivity index (χ1) is 19.5. The fourth-order valence-corrected chi connectivity index (χ4v) is 6.23. The molecule has 1 saturated heterocycles. The van der Waals surface area contributed by atoms with Gasteiger partial charge in [0.1, 0.15) is 13.2 Å². The van der Waals surface area contributed by atoms with E-state index in [1.165, 1.54) is 0 Å². The number of nitrogens with zero attached hydrogens (tertiary/aromatic N) is 1. The Bertz CT molecular complexity index is 1550. The van der Waals surface area contributed by atoms with Gasteiger partial charge in [0.05, 0.1) is 16.0 Å². The minimum absolute atomic E-state index is 0.177. The van der Waals surface area contributed by atoms with E-state index in [0.29, 0.717) is 43.9 Å². The molecular formula is C30H27BrCl2N2O5S. The molecule has 214 valence electrons. The summed E-state index contributed by atoms with van der Waals surface area (Å²) in [6, 6.07) is 12.6. The molecule has 1 aliphatic rings. The lowest BCUT2D eigenvalue weighted by Crippen LogP contribution is -2.36. The summed E-state index contributed by atoms with van der Waals surface area (Å²) in [7, 11) is 0. The van der Waals surface area contributed by atoms with Crippen molar-refractivity contribution in [2.75, 3.05) is 18.5 Å². The highest BCUT2D eigenvalue weighted by Crippen LogP contribution is 2.40. The summed E-state index contributed by atoms with van der Waals surface area (Å²) >= 11 is 16.6. The lowest BCUT2D eigenvalue weighted by atomic mass is 10.1. The first-order valence-corrected chi connectivity index (χ1v) is 15.0. The number of carbonyl (C=O) groups excluding carboxylic acids is 3. The van der Waals surface area contributed by atoms with Gasteiger partial charge in [-0.25, -0.2) is 0 Å². The van der Waals surface area contributed by atoms with Crippen molar-refractivity contribution < 1.29 is 23.9 Å². The number of amides is 3. The van der Waals surface area contributed by atoms with Crippen LogP contribution in [-0.4, -0.2) is 35.1 Å². The maximum atomic E-state index is 13.1. The van der Waals surface area contributed by atoms with Crippen molar-refractivity contribution in [2.24, 2.45) is 0 Å². The Morgan fingerprint density at radius 1 is 1.05 bits per heavy atom. The lowest BCUT2D eigenvalue weighted by molar-refractivity contribution is -0.127. The average molecular weight is 678 g/mol. The third kappa shape index (κ3) is 7.46. The maximum Gasteiger partial charge on any atom is 0.294 e. The molecule has 0 spiro atoms. The molecule has 3 amide bonds. The third-order valence-electron chi connectivity index (χ3n) is 6.13. The predicted octanol–water partition coefficient (Wildman–Crippen LogP) is 8.33. The number of benzene rings is 3. The Hall–Kier alpha value is -2.98. The van der Waals surface area contributed by atoms with E-state index in [-0.39, 0.29) is 18.1 Å². The van der Waals surface area contributed by atoms with E-state index >= 15 is 0 Å². The van der Waals surface area contributed by atoms with Crippen LogP contribution in [0.3, 0.4) is 0 Å². The second-order valence-electron chi connectivity index (χ2n) is 9.38. The maximum absolute atomic E-state index is 13.1. The lowest BCUT2D eigenvalue weighted by Gasteiger charge is -2.16. The molecule has 3 aromatic rings. The van der Waals surface area contributed by atoms with Crippen LogP contribution in [0.4, 0.5) is 10.5 Å². The van der Waals surface area contributed by atoms with E-state index in [0.717, 1.165) is 38.9 Å². The van der Waals surface area contributed by atoms with Gasteiger partial charge >= 0.3 is 0 Å². The number of thioether (sulfide) groups is 1. The summed E-state index contributed by atoms with van der Waals surface area (Å²) in [6.45, 7) is 7.79. The zero-order chi connectivity index (χ0) is 29.8. The summed E-state index contributed by atoms with van der Waals surface area (Å²) in [5.74, 6) is -0.0892. The van der Waals surface area contributed by atoms with Crippen molar-refractivity contribution in [1.29, 1.82) is 0 Å². The molecule has 1 N–H and O–H groups in total. The molecule has 1 fully saturated rings. The van der Waals surface area contributed by atoms with Crippen molar-refractivity contribution in [2.45, 2.75) is 34.3 Å². The van der Waals surface area contributed by atoms with Crippen LogP contribution in [0.15, 0.2) is 51.8 Å². The number of hydrogen-bond donors (Lipinski definition) is 1. The molecule has 0 bridgehead atoms. The van der Waals surface area contributed by atoms with Crippen molar-refractivity contribution >= 4 is 79.7 Å². The molecule has 1 heterocycles. The van der Waals surface area contributed by atoms with Crippen molar-refractivity contribution in [3.05, 3.63) is 89.7 Å². The van der Waals surface area contributed by atoms with Gasteiger partial charge in [-0.2, -0.15) is 0 Å².